The fraction of sp³-hybridized carbons (Fsp3) is 0.167. The van der Waals surface area contributed by atoms with Gasteiger partial charge in [-0.05, 0) is 68.3 Å². The summed E-state index contributed by atoms with van der Waals surface area (Å²) in [5.74, 6) is -0.182. The van der Waals surface area contributed by atoms with Crippen LogP contribution < -0.4 is 4.90 Å². The van der Waals surface area contributed by atoms with Gasteiger partial charge in [0, 0.05) is 15.6 Å². The first-order valence-corrected chi connectivity index (χ1v) is 11.1. The molecule has 3 aromatic carbocycles. The van der Waals surface area contributed by atoms with Gasteiger partial charge in [-0.3, -0.25) is 4.79 Å². The minimum absolute atomic E-state index is 0.182. The highest BCUT2D eigenvalue weighted by molar-refractivity contribution is 9.10. The Morgan fingerprint density at radius 3 is 2.29 bits per heavy atom. The molecule has 3 rings (SSSR count). The molecule has 7 heteroatoms. The van der Waals surface area contributed by atoms with E-state index in [0.29, 0.717) is 22.5 Å². The van der Waals surface area contributed by atoms with Gasteiger partial charge in [0.25, 0.3) is 0 Å². The number of nitrogens with zero attached hydrogens (tertiary/aromatic N) is 1. The molecule has 1 atom stereocenters. The molecule has 1 amide bonds. The summed E-state index contributed by atoms with van der Waals surface area (Å²) in [6, 6.07) is 17.7. The van der Waals surface area contributed by atoms with Crippen molar-refractivity contribution in [1.29, 1.82) is 0 Å². The molecule has 31 heavy (non-hydrogen) atoms. The third-order valence-corrected chi connectivity index (χ3v) is 5.59. The third kappa shape index (κ3) is 5.29. The monoisotopic (exact) mass is 519 g/mol. The van der Waals surface area contributed by atoms with Crippen molar-refractivity contribution in [3.8, 4) is 0 Å². The normalized spacial score (nSPS) is 11.7. The number of hydrogen-bond acceptors (Lipinski definition) is 3. The van der Waals surface area contributed by atoms with E-state index < -0.39 is 11.7 Å². The molecule has 1 unspecified atom stereocenters. The fourth-order valence-electron chi connectivity index (χ4n) is 3.20. The lowest BCUT2D eigenvalue weighted by Crippen LogP contribution is -2.29. The number of ketones is 1. The Bertz CT molecular complexity index is 1150. The quantitative estimate of drug-likeness (QED) is 0.254. The molecule has 0 aliphatic heterocycles. The summed E-state index contributed by atoms with van der Waals surface area (Å²) in [5.41, 5.74) is 2.88. The zero-order chi connectivity index (χ0) is 22.7. The summed E-state index contributed by atoms with van der Waals surface area (Å²) < 4.78 is 6.12. The molecule has 0 aliphatic carbocycles. The Balaban J connectivity index is 2.06. The predicted octanol–water partition coefficient (Wildman–Crippen LogP) is 7.81. The van der Waals surface area contributed by atoms with E-state index >= 15 is 0 Å². The summed E-state index contributed by atoms with van der Waals surface area (Å²) in [4.78, 5) is 27.3. The molecule has 0 N–H and O–H groups in total. The predicted molar refractivity (Wildman–Crippen MR) is 129 cm³/mol. The molecule has 0 fully saturated rings. The number of carbonyl (C=O) groups excluding carboxylic acids is 2. The van der Waals surface area contributed by atoms with Crippen LogP contribution >= 0.6 is 39.1 Å². The van der Waals surface area contributed by atoms with Gasteiger partial charge in [-0.1, -0.05) is 63.4 Å². The largest absolute Gasteiger partial charge is 0.429 e. The van der Waals surface area contributed by atoms with Crippen LogP contribution in [0.3, 0.4) is 0 Å². The Hall–Kier alpha value is -2.34. The van der Waals surface area contributed by atoms with Gasteiger partial charge in [-0.2, -0.15) is 0 Å². The average Bonchev–Trinajstić information content (AvgIpc) is 2.69. The number of carbonyl (C=O) groups is 2. The Labute approximate surface area is 199 Å². The molecule has 0 aromatic heterocycles. The van der Waals surface area contributed by atoms with Crippen molar-refractivity contribution in [3.05, 3.63) is 92.4 Å². The molecule has 0 spiro atoms. The summed E-state index contributed by atoms with van der Waals surface area (Å²) in [7, 11) is 0. The first-order valence-electron chi connectivity index (χ1n) is 9.50. The van der Waals surface area contributed by atoms with Crippen molar-refractivity contribution in [2.45, 2.75) is 26.3 Å². The zero-order valence-electron chi connectivity index (χ0n) is 17.2. The van der Waals surface area contributed by atoms with E-state index in [1.165, 1.54) is 4.90 Å². The molecule has 0 aliphatic rings. The number of hydrogen-bond donors (Lipinski definition) is 0. The van der Waals surface area contributed by atoms with Crippen molar-refractivity contribution in [3.63, 3.8) is 0 Å². The maximum Gasteiger partial charge on any atom is 0.420 e. The van der Waals surface area contributed by atoms with E-state index in [1.807, 2.05) is 44.2 Å². The number of benzene rings is 3. The van der Waals surface area contributed by atoms with E-state index in [4.69, 9.17) is 27.9 Å². The van der Waals surface area contributed by atoms with Crippen molar-refractivity contribution < 1.29 is 14.3 Å². The van der Waals surface area contributed by atoms with E-state index in [9.17, 15) is 9.59 Å². The maximum atomic E-state index is 13.0. The van der Waals surface area contributed by atoms with Crippen LogP contribution in [0.2, 0.25) is 5.02 Å². The number of amides is 1. The highest BCUT2D eigenvalue weighted by atomic mass is 79.9. The first-order chi connectivity index (χ1) is 14.7. The van der Waals surface area contributed by atoms with Crippen molar-refractivity contribution in [2.24, 2.45) is 0 Å². The van der Waals surface area contributed by atoms with Crippen molar-refractivity contribution >= 4 is 62.4 Å². The minimum Gasteiger partial charge on any atom is -0.429 e. The molecular weight excluding hydrogens is 501 g/mol. The lowest BCUT2D eigenvalue weighted by Gasteiger charge is -2.25. The van der Waals surface area contributed by atoms with Crippen LogP contribution in [0.5, 0.6) is 0 Å². The number of rotatable bonds is 5. The average molecular weight is 521 g/mol. The molecule has 0 saturated heterocycles. The second kappa shape index (κ2) is 9.86. The van der Waals surface area contributed by atoms with Gasteiger partial charge in [0.15, 0.2) is 11.3 Å². The molecule has 0 bridgehead atoms. The Morgan fingerprint density at radius 1 is 0.968 bits per heavy atom. The van der Waals surface area contributed by atoms with Crippen LogP contribution in [0.15, 0.2) is 65.1 Å². The minimum atomic E-state index is -0.817. The lowest BCUT2D eigenvalue weighted by atomic mass is 9.99. The first kappa shape index (κ1) is 23.3. The molecule has 0 radical (unpaired) electrons. The van der Waals surface area contributed by atoms with Gasteiger partial charge in [0.2, 0.25) is 0 Å². The molecule has 4 nitrogen and oxygen atoms in total. The highest BCUT2D eigenvalue weighted by Gasteiger charge is 2.24. The number of ether oxygens (including phenoxy) is 1. The van der Waals surface area contributed by atoms with Crippen LogP contribution in [0.1, 0.15) is 34.0 Å². The molecular formula is C24H20BrCl2NO3. The summed E-state index contributed by atoms with van der Waals surface area (Å²) in [5, 5.41) is 0.234. The van der Waals surface area contributed by atoms with Gasteiger partial charge in [0.05, 0.1) is 16.4 Å². The van der Waals surface area contributed by atoms with Gasteiger partial charge >= 0.3 is 6.09 Å². The van der Waals surface area contributed by atoms with E-state index in [-0.39, 0.29) is 10.8 Å². The highest BCUT2D eigenvalue weighted by Crippen LogP contribution is 2.34. The van der Waals surface area contributed by atoms with Crippen molar-refractivity contribution in [1.82, 2.24) is 0 Å². The molecule has 160 valence electrons. The van der Waals surface area contributed by atoms with Gasteiger partial charge in [-0.15, -0.1) is 0 Å². The van der Waals surface area contributed by atoms with Crippen molar-refractivity contribution in [2.75, 3.05) is 4.90 Å². The summed E-state index contributed by atoms with van der Waals surface area (Å²) in [6.07, 6.45) is -0.651. The van der Waals surface area contributed by atoms with Crippen LogP contribution in [0.25, 0.3) is 0 Å². The topological polar surface area (TPSA) is 46.6 Å². The zero-order valence-corrected chi connectivity index (χ0v) is 20.3. The standard InChI is InChI=1S/C24H20BrCl2NO3/c1-14-6-4-5-7-19(14)23(29)20-10-9-18(13-21(20)27)28(24(30)31-16(3)26)22-11-8-17(25)12-15(22)2/h4-13,16H,1-3H3. The van der Waals surface area contributed by atoms with Crippen LogP contribution in [-0.4, -0.2) is 17.4 Å². The Kier molecular flexibility index (Phi) is 7.42. The van der Waals surface area contributed by atoms with Crippen LogP contribution in [-0.2, 0) is 4.74 Å². The van der Waals surface area contributed by atoms with E-state index in [1.54, 1.807) is 37.3 Å². The number of alkyl halides is 1. The Morgan fingerprint density at radius 2 is 1.68 bits per heavy atom. The lowest BCUT2D eigenvalue weighted by molar-refractivity contribution is 0.103. The molecule has 0 heterocycles. The van der Waals surface area contributed by atoms with E-state index in [0.717, 1.165) is 15.6 Å². The molecule has 0 saturated carbocycles. The smallest absolute Gasteiger partial charge is 0.420 e. The summed E-state index contributed by atoms with van der Waals surface area (Å²) in [6.45, 7) is 5.31. The third-order valence-electron chi connectivity index (χ3n) is 4.69. The van der Waals surface area contributed by atoms with Crippen LogP contribution in [0, 0.1) is 13.8 Å². The summed E-state index contributed by atoms with van der Waals surface area (Å²) >= 11 is 15.8. The second-order valence-corrected chi connectivity index (χ2v) is 8.94. The SMILES string of the molecule is Cc1ccccc1C(=O)c1ccc(N(C(=O)OC(C)Cl)c2ccc(Br)cc2C)cc1Cl. The van der Waals surface area contributed by atoms with Gasteiger partial charge in [-0.25, -0.2) is 9.69 Å². The second-order valence-electron chi connectivity index (χ2n) is 7.00. The molecule has 3 aromatic rings. The number of halogens is 3. The fourth-order valence-corrected chi connectivity index (χ4v) is 4.02. The maximum absolute atomic E-state index is 13.0. The van der Waals surface area contributed by atoms with E-state index in [2.05, 4.69) is 15.9 Å². The number of aryl methyl sites for hydroxylation is 2. The number of anilines is 2. The van der Waals surface area contributed by atoms with Crippen LogP contribution in [0.4, 0.5) is 16.2 Å². The van der Waals surface area contributed by atoms with Gasteiger partial charge in [0.1, 0.15) is 0 Å². The van der Waals surface area contributed by atoms with Gasteiger partial charge < -0.3 is 4.74 Å².